The molecule has 13 aliphatic carbocycles. The van der Waals surface area contributed by atoms with Gasteiger partial charge in [0.15, 0.2) is 0 Å². The molecule has 0 N–H and O–H groups in total. The fourth-order valence-electron chi connectivity index (χ4n) is 10.9. The van der Waals surface area contributed by atoms with Crippen LogP contribution in [0.3, 0.4) is 0 Å². The van der Waals surface area contributed by atoms with Gasteiger partial charge in [-0.15, -0.1) is 0 Å². The third-order valence-electron chi connectivity index (χ3n) is 15.2. The Morgan fingerprint density at radius 2 is 0.544 bits per heavy atom. The Balaban J connectivity index is 0.000000145. The minimum Gasteiger partial charge on any atom is -0.0885 e. The Hall–Kier alpha value is -4.16. The van der Waals surface area contributed by atoms with Crippen molar-refractivity contribution in [3.8, 4) is 0 Å². The average Bonchev–Trinajstić information content (AvgIpc) is 4.26. The van der Waals surface area contributed by atoms with E-state index in [0.29, 0.717) is 0 Å². The van der Waals surface area contributed by atoms with E-state index in [1.807, 2.05) is 0 Å². The third-order valence-corrected chi connectivity index (χ3v) is 15.2. The molecule has 0 spiro atoms. The van der Waals surface area contributed by atoms with E-state index in [-0.39, 0.29) is 0 Å². The van der Waals surface area contributed by atoms with Gasteiger partial charge in [-0.2, -0.15) is 0 Å². The molecule has 13 aliphatic rings. The second-order valence-electron chi connectivity index (χ2n) is 20.5. The van der Waals surface area contributed by atoms with Crippen molar-refractivity contribution in [2.24, 2.45) is 23.7 Å². The normalized spacial score (nSPS) is 26.4. The molecule has 0 aliphatic heterocycles. The number of hydrogen-bond acceptors (Lipinski definition) is 0. The van der Waals surface area contributed by atoms with Crippen LogP contribution < -0.4 is 0 Å². The highest BCUT2D eigenvalue weighted by atomic mass is 14.3. The van der Waals surface area contributed by atoms with Crippen LogP contribution in [-0.4, -0.2) is 0 Å². The van der Waals surface area contributed by atoms with Crippen molar-refractivity contribution < 1.29 is 0 Å². The van der Waals surface area contributed by atoms with Gasteiger partial charge < -0.3 is 0 Å². The van der Waals surface area contributed by atoms with Crippen LogP contribution >= 0.6 is 0 Å². The molecule has 0 bridgehead atoms. The lowest BCUT2D eigenvalue weighted by molar-refractivity contribution is 0.231. The Bertz CT molecular complexity index is 1640. The lowest BCUT2D eigenvalue weighted by Gasteiger charge is -2.32. The van der Waals surface area contributed by atoms with E-state index < -0.39 is 0 Å². The summed E-state index contributed by atoms with van der Waals surface area (Å²) in [5.41, 5.74) is 6.86. The second-order valence-corrected chi connectivity index (χ2v) is 20.5. The summed E-state index contributed by atoms with van der Waals surface area (Å²) in [6.45, 7) is 0. The van der Waals surface area contributed by atoms with Crippen LogP contribution in [0.4, 0.5) is 0 Å². The molecule has 0 heteroatoms. The molecule has 2 atom stereocenters. The first-order chi connectivity index (χ1) is 33.9. The minimum absolute atomic E-state index is 0.981. The van der Waals surface area contributed by atoms with Crippen molar-refractivity contribution in [2.75, 3.05) is 0 Å². The van der Waals surface area contributed by atoms with Crippen molar-refractivity contribution in [2.45, 2.75) is 205 Å². The van der Waals surface area contributed by atoms with Crippen LogP contribution in [0.5, 0.6) is 0 Å². The van der Waals surface area contributed by atoms with Gasteiger partial charge in [-0.25, -0.2) is 0 Å². The maximum absolute atomic E-state index is 2.38. The number of allylic oxidation sites excluding steroid dienone is 32. The SMILES string of the molecule is C1=CCC2=C(C1)CC=CC2.C1=CCC2=C(C1)CCCC2.C1=CCC2CC=CCC2C1.C1=CCC2CCCCC2C1.C1=CCC=C1.C1=CCC=CC1.C1=CCCC1.C1=CCCC=C1.C1=CCCCC1. The maximum atomic E-state index is 2.38. The smallest absolute Gasteiger partial charge is 0.0133 e. The molecule has 0 aromatic carbocycles. The van der Waals surface area contributed by atoms with Crippen LogP contribution in [0.15, 0.2) is 192 Å². The summed E-state index contributed by atoms with van der Waals surface area (Å²) in [7, 11) is 0. The first-order valence-corrected chi connectivity index (χ1v) is 28.4. The van der Waals surface area contributed by atoms with Crippen LogP contribution in [0.1, 0.15) is 205 Å². The molecule has 0 aromatic heterocycles. The standard InChI is InChI=1S/C10H16.2C10H14.C10H12.C6H10.2C6H8.C5H8.C5H6/c4*1-2-6-10-8-4-3-7-9(10)5-1;3*1-2-4-6-5-3-1;2*1-2-4-5-3-1/h1-2,9-10H,3-8H2;1-2H,3-8H2;1-4,9-10H,5-8H2;1-4H,5-8H2;1-2H,3-6H2;1-2,5-6H,3-4H2;1-4H,5-6H2;1-2H,3-5H2;1-4H,5H2. The van der Waals surface area contributed by atoms with Crippen molar-refractivity contribution in [3.63, 3.8) is 0 Å². The van der Waals surface area contributed by atoms with E-state index in [1.165, 1.54) is 186 Å². The van der Waals surface area contributed by atoms with Crippen LogP contribution in [0.25, 0.3) is 0 Å². The largest absolute Gasteiger partial charge is 0.0885 e. The second kappa shape index (κ2) is 37.7. The van der Waals surface area contributed by atoms with E-state index in [4.69, 9.17) is 0 Å². The van der Waals surface area contributed by atoms with Crippen LogP contribution in [0.2, 0.25) is 0 Å². The van der Waals surface area contributed by atoms with Crippen molar-refractivity contribution >= 4 is 0 Å². The quantitative estimate of drug-likeness (QED) is 0.213. The highest BCUT2D eigenvalue weighted by Gasteiger charge is 2.25. The summed E-state index contributed by atoms with van der Waals surface area (Å²) in [4.78, 5) is 0. The zero-order valence-electron chi connectivity index (χ0n) is 43.1. The lowest BCUT2D eigenvalue weighted by atomic mass is 9.73. The molecule has 13 rings (SSSR count). The van der Waals surface area contributed by atoms with Gasteiger partial charge in [-0.05, 0) is 216 Å². The van der Waals surface area contributed by atoms with Gasteiger partial charge in [0.2, 0.25) is 0 Å². The van der Waals surface area contributed by atoms with E-state index >= 15 is 0 Å². The number of hydrogen-bond donors (Lipinski definition) is 0. The van der Waals surface area contributed by atoms with Gasteiger partial charge in [-0.1, -0.05) is 205 Å². The van der Waals surface area contributed by atoms with Gasteiger partial charge in [-0.3, -0.25) is 0 Å². The van der Waals surface area contributed by atoms with E-state index in [9.17, 15) is 0 Å². The summed E-state index contributed by atoms with van der Waals surface area (Å²) < 4.78 is 0. The molecule has 0 saturated heterocycles. The molecule has 1 saturated carbocycles. The van der Waals surface area contributed by atoms with Gasteiger partial charge in [0.05, 0.1) is 0 Å². The fourth-order valence-corrected chi connectivity index (χ4v) is 10.9. The predicted octanol–water partition coefficient (Wildman–Crippen LogP) is 21.4. The monoisotopic (exact) mass is 913 g/mol. The summed E-state index contributed by atoms with van der Waals surface area (Å²) >= 11 is 0. The third kappa shape index (κ3) is 24.9. The topological polar surface area (TPSA) is 0 Å². The Morgan fingerprint density at radius 1 is 0.221 bits per heavy atom. The maximum Gasteiger partial charge on any atom is -0.0133 e. The molecular formula is C68H96. The van der Waals surface area contributed by atoms with E-state index in [1.54, 1.807) is 22.3 Å². The number of fused-ring (bicyclic) bond motifs is 2. The zero-order chi connectivity index (χ0) is 47.0. The fraction of sp³-hybridized carbons (Fsp3) is 0.529. The number of rotatable bonds is 0. The summed E-state index contributed by atoms with van der Waals surface area (Å²) in [6.07, 6.45) is 105. The molecule has 368 valence electrons. The Kier molecular flexibility index (Phi) is 30.4. The van der Waals surface area contributed by atoms with Gasteiger partial charge in [0, 0.05) is 0 Å². The zero-order valence-corrected chi connectivity index (χ0v) is 43.1. The highest BCUT2D eigenvalue weighted by Crippen LogP contribution is 2.38. The molecule has 0 heterocycles. The van der Waals surface area contributed by atoms with E-state index in [0.717, 1.165) is 42.9 Å². The van der Waals surface area contributed by atoms with Crippen molar-refractivity contribution in [1.29, 1.82) is 0 Å². The first-order valence-electron chi connectivity index (χ1n) is 28.4. The Labute approximate surface area is 419 Å². The summed E-state index contributed by atoms with van der Waals surface area (Å²) in [5, 5.41) is 0. The van der Waals surface area contributed by atoms with Crippen LogP contribution in [0, 0.1) is 23.7 Å². The van der Waals surface area contributed by atoms with Gasteiger partial charge >= 0.3 is 0 Å². The summed E-state index contributed by atoms with van der Waals surface area (Å²) in [5.74, 6) is 4.10. The molecule has 1 fully saturated rings. The van der Waals surface area contributed by atoms with Gasteiger partial charge in [0.25, 0.3) is 0 Å². The highest BCUT2D eigenvalue weighted by molar-refractivity contribution is 5.30. The molecule has 2 unspecified atom stereocenters. The molecule has 0 aromatic rings. The predicted molar refractivity (Wildman–Crippen MR) is 304 cm³/mol. The van der Waals surface area contributed by atoms with Crippen molar-refractivity contribution in [1.82, 2.24) is 0 Å². The minimum atomic E-state index is 0.981. The first kappa shape index (κ1) is 54.8. The lowest BCUT2D eigenvalue weighted by Crippen LogP contribution is -2.20. The molecular weight excluding hydrogens is 817 g/mol. The molecule has 0 nitrogen and oxygen atoms in total. The van der Waals surface area contributed by atoms with Gasteiger partial charge in [0.1, 0.15) is 0 Å². The van der Waals surface area contributed by atoms with E-state index in [2.05, 4.69) is 170 Å². The Morgan fingerprint density at radius 3 is 0.824 bits per heavy atom. The molecule has 0 radical (unpaired) electrons. The summed E-state index contributed by atoms with van der Waals surface area (Å²) in [6, 6.07) is 0. The molecule has 68 heavy (non-hydrogen) atoms. The van der Waals surface area contributed by atoms with Crippen molar-refractivity contribution in [3.05, 3.63) is 192 Å². The van der Waals surface area contributed by atoms with Crippen LogP contribution in [-0.2, 0) is 0 Å². The average molecular weight is 914 g/mol. The molecule has 0 amide bonds.